The maximum atomic E-state index is 13.0. The van der Waals surface area contributed by atoms with Gasteiger partial charge in [-0.1, -0.05) is 0 Å². The molecule has 0 aromatic carbocycles. The van der Waals surface area contributed by atoms with Crippen molar-refractivity contribution in [1.29, 1.82) is 0 Å². The van der Waals surface area contributed by atoms with E-state index in [1.807, 2.05) is 0 Å². The number of nitrogens with zero attached hydrogens (tertiary/aromatic N) is 1. The van der Waals surface area contributed by atoms with Crippen molar-refractivity contribution in [1.82, 2.24) is 26.2 Å². The van der Waals surface area contributed by atoms with Crippen molar-refractivity contribution >= 4 is 47.4 Å². The Bertz CT molecular complexity index is 1060. The van der Waals surface area contributed by atoms with Gasteiger partial charge in [0.25, 0.3) is 11.8 Å². The smallest absolute Gasteiger partial charge is 0.325 e. The van der Waals surface area contributed by atoms with Gasteiger partial charge in [-0.2, -0.15) is 0 Å². The van der Waals surface area contributed by atoms with Gasteiger partial charge < -0.3 is 31.1 Å². The molecule has 0 saturated heterocycles. The highest BCUT2D eigenvalue weighted by Crippen LogP contribution is 2.11. The van der Waals surface area contributed by atoms with E-state index in [2.05, 4.69) is 21.3 Å². The molecular weight excluding hydrogens is 542 g/mol. The lowest BCUT2D eigenvalue weighted by Gasteiger charge is -2.23. The zero-order chi connectivity index (χ0) is 31.5. The molecule has 15 nitrogen and oxygen atoms in total. The van der Waals surface area contributed by atoms with E-state index in [9.17, 15) is 38.4 Å². The quantitative estimate of drug-likeness (QED) is 0.116. The van der Waals surface area contributed by atoms with Gasteiger partial charge in [0.2, 0.25) is 23.6 Å². The number of carbonyl (C=O) groups is 8. The minimum atomic E-state index is -1.26. The Morgan fingerprint density at radius 2 is 1.29 bits per heavy atom. The second-order valence-electron chi connectivity index (χ2n) is 10.5. The van der Waals surface area contributed by atoms with Gasteiger partial charge in [-0.05, 0) is 54.4 Å². The molecule has 0 radical (unpaired) electrons. The number of imide groups is 1. The number of nitrogens with one attached hydrogen (secondary N) is 4. The van der Waals surface area contributed by atoms with E-state index in [0.717, 1.165) is 17.1 Å². The number of carboxylic acids is 1. The lowest BCUT2D eigenvalue weighted by molar-refractivity contribution is -0.155. The van der Waals surface area contributed by atoms with Gasteiger partial charge in [0, 0.05) is 31.5 Å². The Morgan fingerprint density at radius 3 is 1.78 bits per heavy atom. The van der Waals surface area contributed by atoms with Crippen LogP contribution in [-0.2, 0) is 43.1 Å². The lowest BCUT2D eigenvalue weighted by atomic mass is 10.1. The summed E-state index contributed by atoms with van der Waals surface area (Å²) in [6.45, 7) is 8.94. The number of ether oxygens (including phenoxy) is 1. The van der Waals surface area contributed by atoms with Crippen LogP contribution in [0.2, 0.25) is 0 Å². The fraction of sp³-hybridized carbons (Fsp3) is 0.615. The summed E-state index contributed by atoms with van der Waals surface area (Å²) >= 11 is 0. The van der Waals surface area contributed by atoms with Crippen LogP contribution in [0.15, 0.2) is 12.2 Å². The molecule has 0 aromatic rings. The van der Waals surface area contributed by atoms with Crippen LogP contribution in [0, 0.1) is 0 Å². The predicted octanol–water partition coefficient (Wildman–Crippen LogP) is -1.10. The summed E-state index contributed by atoms with van der Waals surface area (Å²) in [5.41, 5.74) is -0.769. The highest BCUT2D eigenvalue weighted by atomic mass is 16.6. The lowest BCUT2D eigenvalue weighted by Crippen LogP contribution is -2.56. The highest BCUT2D eigenvalue weighted by molar-refractivity contribution is 6.12. The summed E-state index contributed by atoms with van der Waals surface area (Å²) in [5, 5.41) is 18.4. The van der Waals surface area contributed by atoms with Crippen molar-refractivity contribution in [3.05, 3.63) is 12.2 Å². The van der Waals surface area contributed by atoms with Crippen molar-refractivity contribution in [2.45, 2.75) is 97.0 Å². The SMILES string of the molecule is C[C@H](NC(=O)[C@H](C)NC(=O)[C@H](C)NC(=O)C(CCC(=O)OC(C)(C)C)NC(=O)CCCN1C(=O)C=CC1=O)C(=O)O. The van der Waals surface area contributed by atoms with Crippen molar-refractivity contribution in [2.75, 3.05) is 6.54 Å². The second kappa shape index (κ2) is 15.5. The summed E-state index contributed by atoms with van der Waals surface area (Å²) in [4.78, 5) is 97.6. The monoisotopic (exact) mass is 581 g/mol. The Kier molecular flexibility index (Phi) is 13.1. The number of esters is 1. The van der Waals surface area contributed by atoms with Crippen molar-refractivity contribution < 1.29 is 48.2 Å². The molecule has 0 fully saturated rings. The van der Waals surface area contributed by atoms with Crippen LogP contribution in [0.4, 0.5) is 0 Å². The van der Waals surface area contributed by atoms with E-state index in [1.54, 1.807) is 20.8 Å². The molecule has 0 aromatic heterocycles. The summed E-state index contributed by atoms with van der Waals surface area (Å²) < 4.78 is 5.25. The number of rotatable bonds is 15. The highest BCUT2D eigenvalue weighted by Gasteiger charge is 2.29. The minimum Gasteiger partial charge on any atom is -0.480 e. The van der Waals surface area contributed by atoms with Gasteiger partial charge in [0.1, 0.15) is 29.8 Å². The fourth-order valence-corrected chi connectivity index (χ4v) is 3.42. The molecule has 228 valence electrons. The van der Waals surface area contributed by atoms with Crippen molar-refractivity contribution in [2.24, 2.45) is 0 Å². The standard InChI is InChI=1S/C26H39N5O10/c1-14(23(37)29-16(3)25(39)40)27-22(36)15(2)28-24(38)17(9-12-21(35)41-26(4,5)6)30-18(32)8-7-13-31-19(33)10-11-20(31)34/h10-11,14-17H,7-9,12-13H2,1-6H3,(H,27,36)(H,28,38)(H,29,37)(H,30,32)(H,39,40)/t14-,15-,16-,17?/m0/s1. The number of carbonyl (C=O) groups excluding carboxylic acids is 7. The van der Waals surface area contributed by atoms with E-state index in [1.165, 1.54) is 20.8 Å². The topological polar surface area (TPSA) is 217 Å². The molecule has 1 rings (SSSR count). The summed E-state index contributed by atoms with van der Waals surface area (Å²) in [6, 6.07) is -4.70. The second-order valence-corrected chi connectivity index (χ2v) is 10.5. The molecule has 4 atom stereocenters. The zero-order valence-corrected chi connectivity index (χ0v) is 24.1. The van der Waals surface area contributed by atoms with Crippen LogP contribution in [0.25, 0.3) is 0 Å². The van der Waals surface area contributed by atoms with Gasteiger partial charge in [-0.15, -0.1) is 0 Å². The Morgan fingerprint density at radius 1 is 0.805 bits per heavy atom. The van der Waals surface area contributed by atoms with E-state index in [0.29, 0.717) is 0 Å². The number of carboxylic acid groups (broad SMARTS) is 1. The van der Waals surface area contributed by atoms with Gasteiger partial charge in [0.05, 0.1) is 0 Å². The summed E-state index contributed by atoms with van der Waals surface area (Å²) in [5.74, 6) is -5.71. The molecular formula is C26H39N5O10. The molecule has 0 saturated carbocycles. The van der Waals surface area contributed by atoms with Gasteiger partial charge in [0.15, 0.2) is 0 Å². The van der Waals surface area contributed by atoms with Crippen LogP contribution in [0.1, 0.15) is 67.2 Å². The average Bonchev–Trinajstić information content (AvgIpc) is 3.17. The Labute approximate surface area is 237 Å². The number of hydrogen-bond donors (Lipinski definition) is 5. The molecule has 0 spiro atoms. The predicted molar refractivity (Wildman–Crippen MR) is 143 cm³/mol. The first kappa shape index (κ1) is 34.7. The Hall–Kier alpha value is -4.30. The van der Waals surface area contributed by atoms with Gasteiger partial charge in [-0.3, -0.25) is 43.3 Å². The average molecular weight is 582 g/mol. The molecule has 1 aliphatic rings. The normalized spacial score (nSPS) is 15.8. The molecule has 0 aliphatic carbocycles. The van der Waals surface area contributed by atoms with Crippen LogP contribution in [-0.4, -0.2) is 93.7 Å². The molecule has 1 unspecified atom stereocenters. The van der Waals surface area contributed by atoms with Crippen LogP contribution < -0.4 is 21.3 Å². The van der Waals surface area contributed by atoms with E-state index in [-0.39, 0.29) is 32.2 Å². The third kappa shape index (κ3) is 12.6. The molecule has 41 heavy (non-hydrogen) atoms. The molecule has 15 heteroatoms. The zero-order valence-electron chi connectivity index (χ0n) is 24.1. The number of hydrogen-bond acceptors (Lipinski definition) is 9. The maximum Gasteiger partial charge on any atom is 0.325 e. The fourth-order valence-electron chi connectivity index (χ4n) is 3.42. The van der Waals surface area contributed by atoms with Crippen molar-refractivity contribution in [3.63, 3.8) is 0 Å². The summed E-state index contributed by atoms with van der Waals surface area (Å²) in [7, 11) is 0. The van der Waals surface area contributed by atoms with E-state index >= 15 is 0 Å². The largest absolute Gasteiger partial charge is 0.480 e. The first-order valence-electron chi connectivity index (χ1n) is 13.1. The Balaban J connectivity index is 2.78. The van der Waals surface area contributed by atoms with Crippen LogP contribution in [0.3, 0.4) is 0 Å². The molecule has 5 N–H and O–H groups in total. The molecule has 0 bridgehead atoms. The third-order valence-electron chi connectivity index (χ3n) is 5.63. The molecule has 1 aliphatic heterocycles. The molecule has 1 heterocycles. The maximum absolute atomic E-state index is 13.0. The van der Waals surface area contributed by atoms with Crippen LogP contribution >= 0.6 is 0 Å². The van der Waals surface area contributed by atoms with Crippen molar-refractivity contribution in [3.8, 4) is 0 Å². The third-order valence-corrected chi connectivity index (χ3v) is 5.63. The first-order chi connectivity index (χ1) is 18.9. The molecule has 6 amide bonds. The number of amides is 6. The van der Waals surface area contributed by atoms with E-state index in [4.69, 9.17) is 9.84 Å². The minimum absolute atomic E-state index is 0.00106. The van der Waals surface area contributed by atoms with Gasteiger partial charge in [-0.25, -0.2) is 0 Å². The van der Waals surface area contributed by atoms with Gasteiger partial charge >= 0.3 is 11.9 Å². The van der Waals surface area contributed by atoms with E-state index < -0.39 is 77.2 Å². The van der Waals surface area contributed by atoms with Crippen LogP contribution in [0.5, 0.6) is 0 Å². The summed E-state index contributed by atoms with van der Waals surface area (Å²) in [6.07, 6.45) is 1.87. The first-order valence-corrected chi connectivity index (χ1v) is 13.1. The number of aliphatic carboxylic acids is 1.